The first-order chi connectivity index (χ1) is 8.17. The van der Waals surface area contributed by atoms with Crippen molar-refractivity contribution >= 4 is 23.2 Å². The molecule has 1 atom stereocenters. The predicted molar refractivity (Wildman–Crippen MR) is 72.2 cm³/mol. The highest BCUT2D eigenvalue weighted by Gasteiger charge is 2.06. The third kappa shape index (κ3) is 5.24. The number of benzene rings is 1. The third-order valence-corrected chi connectivity index (χ3v) is 3.43. The molecular weight excluding hydrogens is 260 g/mol. The molecule has 1 aromatic rings. The van der Waals surface area contributed by atoms with E-state index in [1.165, 1.54) is 12.1 Å². The van der Waals surface area contributed by atoms with Crippen LogP contribution in [0.2, 0.25) is 5.02 Å². The van der Waals surface area contributed by atoms with Crippen LogP contribution in [0.4, 0.5) is 4.39 Å². The Morgan fingerprint density at radius 1 is 1.41 bits per heavy atom. The van der Waals surface area contributed by atoms with Crippen molar-refractivity contribution in [3.63, 3.8) is 0 Å². The molecule has 1 nitrogen and oxygen atoms in total. The lowest BCUT2D eigenvalue weighted by Gasteiger charge is -2.14. The van der Waals surface area contributed by atoms with Crippen molar-refractivity contribution < 1.29 is 4.39 Å². The molecular formula is C13H18Cl2FN. The fraction of sp³-hybridized carbons (Fsp3) is 0.538. The fourth-order valence-electron chi connectivity index (χ4n) is 1.68. The molecule has 0 aromatic heterocycles. The maximum absolute atomic E-state index is 12.8. The minimum atomic E-state index is -0.299. The van der Waals surface area contributed by atoms with Crippen molar-refractivity contribution in [1.29, 1.82) is 0 Å². The molecule has 0 heterocycles. The van der Waals surface area contributed by atoms with Gasteiger partial charge in [0.1, 0.15) is 5.82 Å². The van der Waals surface area contributed by atoms with Crippen LogP contribution in [0.3, 0.4) is 0 Å². The summed E-state index contributed by atoms with van der Waals surface area (Å²) in [5.74, 6) is 0.983. The third-order valence-electron chi connectivity index (χ3n) is 2.86. The Morgan fingerprint density at radius 3 is 2.76 bits per heavy atom. The number of nitrogens with one attached hydrogen (secondary N) is 1. The van der Waals surface area contributed by atoms with Gasteiger partial charge in [-0.2, -0.15) is 0 Å². The van der Waals surface area contributed by atoms with Crippen molar-refractivity contribution in [2.24, 2.45) is 5.92 Å². The second-order valence-corrected chi connectivity index (χ2v) is 4.90. The second kappa shape index (κ2) is 7.91. The van der Waals surface area contributed by atoms with E-state index in [0.717, 1.165) is 24.9 Å². The molecule has 1 aromatic carbocycles. The summed E-state index contributed by atoms with van der Waals surface area (Å²) in [7, 11) is 0. The average Bonchev–Trinajstić information content (AvgIpc) is 2.30. The molecule has 0 fully saturated rings. The van der Waals surface area contributed by atoms with Gasteiger partial charge < -0.3 is 5.32 Å². The van der Waals surface area contributed by atoms with Crippen LogP contribution in [0.25, 0.3) is 0 Å². The molecule has 0 spiro atoms. The SMILES string of the molecule is CCC(CCCl)CNCc1ccc(F)cc1Cl. The molecule has 0 aliphatic heterocycles. The quantitative estimate of drug-likeness (QED) is 0.736. The van der Waals surface area contributed by atoms with Crippen LogP contribution in [0.15, 0.2) is 18.2 Å². The van der Waals surface area contributed by atoms with Crippen LogP contribution in [0, 0.1) is 11.7 Å². The molecule has 0 saturated carbocycles. The number of hydrogen-bond acceptors (Lipinski definition) is 1. The van der Waals surface area contributed by atoms with Gasteiger partial charge in [0.15, 0.2) is 0 Å². The molecule has 0 aliphatic rings. The van der Waals surface area contributed by atoms with Crippen molar-refractivity contribution in [2.45, 2.75) is 26.3 Å². The Labute approximate surface area is 112 Å². The zero-order valence-corrected chi connectivity index (χ0v) is 11.5. The molecule has 0 radical (unpaired) electrons. The molecule has 0 amide bonds. The first-order valence-electron chi connectivity index (χ1n) is 5.88. The zero-order chi connectivity index (χ0) is 12.7. The molecule has 1 unspecified atom stereocenters. The molecule has 0 aliphatic carbocycles. The first kappa shape index (κ1) is 14.7. The molecule has 17 heavy (non-hydrogen) atoms. The van der Waals surface area contributed by atoms with Crippen molar-refractivity contribution in [3.05, 3.63) is 34.6 Å². The number of rotatable bonds is 7. The van der Waals surface area contributed by atoms with Gasteiger partial charge in [0.05, 0.1) is 0 Å². The Balaban J connectivity index is 2.39. The van der Waals surface area contributed by atoms with Gasteiger partial charge in [0.2, 0.25) is 0 Å². The summed E-state index contributed by atoms with van der Waals surface area (Å²) >= 11 is 11.7. The van der Waals surface area contributed by atoms with Crippen LogP contribution in [-0.2, 0) is 6.54 Å². The molecule has 1 rings (SSSR count). The molecule has 1 N–H and O–H groups in total. The van der Waals surface area contributed by atoms with Gasteiger partial charge in [0, 0.05) is 17.4 Å². The molecule has 96 valence electrons. The smallest absolute Gasteiger partial charge is 0.124 e. The van der Waals surface area contributed by atoms with Crippen LogP contribution < -0.4 is 5.32 Å². The normalized spacial score (nSPS) is 12.7. The van der Waals surface area contributed by atoms with E-state index in [4.69, 9.17) is 23.2 Å². The van der Waals surface area contributed by atoms with Crippen LogP contribution in [0.1, 0.15) is 25.3 Å². The van der Waals surface area contributed by atoms with Gasteiger partial charge >= 0.3 is 0 Å². The van der Waals surface area contributed by atoms with E-state index in [2.05, 4.69) is 12.2 Å². The van der Waals surface area contributed by atoms with Gasteiger partial charge in [-0.3, -0.25) is 0 Å². The predicted octanol–water partition coefficient (Wildman–Crippen LogP) is 4.22. The van der Waals surface area contributed by atoms with E-state index in [1.807, 2.05) is 0 Å². The van der Waals surface area contributed by atoms with Crippen molar-refractivity contribution in [1.82, 2.24) is 5.32 Å². The van der Waals surface area contributed by atoms with Crippen molar-refractivity contribution in [2.75, 3.05) is 12.4 Å². The standard InChI is InChI=1S/C13H18Cl2FN/c1-2-10(5-6-14)8-17-9-11-3-4-12(16)7-13(11)15/h3-4,7,10,17H,2,5-6,8-9H2,1H3. The van der Waals surface area contributed by atoms with E-state index in [1.54, 1.807) is 6.07 Å². The number of alkyl halides is 1. The van der Waals surface area contributed by atoms with Gasteiger partial charge in [-0.15, -0.1) is 11.6 Å². The first-order valence-corrected chi connectivity index (χ1v) is 6.79. The number of halogens is 3. The summed E-state index contributed by atoms with van der Waals surface area (Å²) < 4.78 is 12.8. The highest BCUT2D eigenvalue weighted by Crippen LogP contribution is 2.17. The second-order valence-electron chi connectivity index (χ2n) is 4.12. The minimum absolute atomic E-state index is 0.299. The van der Waals surface area contributed by atoms with Gasteiger partial charge in [-0.25, -0.2) is 4.39 Å². The molecule has 4 heteroatoms. The molecule has 0 saturated heterocycles. The van der Waals surface area contributed by atoms with E-state index in [9.17, 15) is 4.39 Å². The largest absolute Gasteiger partial charge is 0.312 e. The van der Waals surface area contributed by atoms with E-state index in [0.29, 0.717) is 23.4 Å². The topological polar surface area (TPSA) is 12.0 Å². The summed E-state index contributed by atoms with van der Waals surface area (Å²) in [5, 5.41) is 3.81. The van der Waals surface area contributed by atoms with Crippen LogP contribution in [-0.4, -0.2) is 12.4 Å². The lowest BCUT2D eigenvalue weighted by atomic mass is 10.0. The van der Waals surface area contributed by atoms with Gasteiger partial charge in [0.25, 0.3) is 0 Å². The lowest BCUT2D eigenvalue weighted by molar-refractivity contribution is 0.451. The Bertz CT molecular complexity index is 344. The maximum Gasteiger partial charge on any atom is 0.124 e. The van der Waals surface area contributed by atoms with Gasteiger partial charge in [-0.1, -0.05) is 31.0 Å². The van der Waals surface area contributed by atoms with Gasteiger partial charge in [-0.05, 0) is 36.6 Å². The van der Waals surface area contributed by atoms with Crippen LogP contribution in [0.5, 0.6) is 0 Å². The summed E-state index contributed by atoms with van der Waals surface area (Å²) in [6.07, 6.45) is 2.12. The highest BCUT2D eigenvalue weighted by atomic mass is 35.5. The van der Waals surface area contributed by atoms with E-state index in [-0.39, 0.29) is 5.82 Å². The Kier molecular flexibility index (Phi) is 6.86. The average molecular weight is 278 g/mol. The lowest BCUT2D eigenvalue weighted by Crippen LogP contribution is -2.22. The fourth-order valence-corrected chi connectivity index (χ4v) is 2.22. The maximum atomic E-state index is 12.8. The van der Waals surface area contributed by atoms with E-state index >= 15 is 0 Å². The van der Waals surface area contributed by atoms with Crippen LogP contribution >= 0.6 is 23.2 Å². The summed E-state index contributed by atoms with van der Waals surface area (Å²) in [6, 6.07) is 4.49. The zero-order valence-electron chi connectivity index (χ0n) is 9.98. The summed E-state index contributed by atoms with van der Waals surface area (Å²) in [4.78, 5) is 0. The summed E-state index contributed by atoms with van der Waals surface area (Å²) in [6.45, 7) is 3.73. The minimum Gasteiger partial charge on any atom is -0.312 e. The molecule has 0 bridgehead atoms. The number of hydrogen-bond donors (Lipinski definition) is 1. The van der Waals surface area contributed by atoms with E-state index < -0.39 is 0 Å². The van der Waals surface area contributed by atoms with Crippen molar-refractivity contribution in [3.8, 4) is 0 Å². The Hall–Kier alpha value is -0.310. The summed E-state index contributed by atoms with van der Waals surface area (Å²) in [5.41, 5.74) is 0.925. The highest BCUT2D eigenvalue weighted by molar-refractivity contribution is 6.31. The monoisotopic (exact) mass is 277 g/mol. The Morgan fingerprint density at radius 2 is 2.18 bits per heavy atom.